The number of fused-ring (bicyclic) bond motifs is 1. The molecule has 15 heteroatoms. The van der Waals surface area contributed by atoms with E-state index in [4.69, 9.17) is 19.2 Å². The van der Waals surface area contributed by atoms with Crippen molar-refractivity contribution in [1.29, 1.82) is 0 Å². The number of sulfonamides is 1. The SMILES string of the molecule is C=CC1C[C@]1(NC(=O)[C@@H]1C[C@@H](Oc2cc(-c3ccccc3)nc3cc(OC)ccc23)CN1C(=O)[C@@H](NC(=O)OC(C)(C)C)C(C)C)C(=O)NS(=O)(=O)C1CCC1. The average Bonchev–Trinajstić information content (AvgIpc) is 3.67. The van der Waals surface area contributed by atoms with Crippen molar-refractivity contribution in [3.8, 4) is 22.8 Å². The fraction of sp³-hybridized carbons (Fsp3) is 0.488. The number of rotatable bonds is 13. The second-order valence-corrected chi connectivity index (χ2v) is 18.1. The molecule has 1 saturated heterocycles. The first kappa shape index (κ1) is 40.5. The second-order valence-electron chi connectivity index (χ2n) is 16.1. The van der Waals surface area contributed by atoms with Crippen molar-refractivity contribution in [2.75, 3.05) is 13.7 Å². The van der Waals surface area contributed by atoms with E-state index in [1.54, 1.807) is 53.9 Å². The topological polar surface area (TPSA) is 182 Å². The Morgan fingerprint density at radius 1 is 1.05 bits per heavy atom. The van der Waals surface area contributed by atoms with E-state index in [9.17, 15) is 27.6 Å². The third-order valence-corrected chi connectivity index (χ3v) is 12.4. The van der Waals surface area contributed by atoms with E-state index in [-0.39, 0.29) is 19.4 Å². The summed E-state index contributed by atoms with van der Waals surface area (Å²) in [5.74, 6) is -1.93. The molecule has 3 N–H and O–H groups in total. The Morgan fingerprint density at radius 3 is 2.36 bits per heavy atom. The highest BCUT2D eigenvalue weighted by atomic mass is 32.2. The molecule has 2 heterocycles. The number of hydrogen-bond donors (Lipinski definition) is 3. The van der Waals surface area contributed by atoms with Crippen LogP contribution < -0.4 is 24.8 Å². The summed E-state index contributed by atoms with van der Waals surface area (Å²) in [6.45, 7) is 12.4. The normalized spacial score (nSPS) is 22.8. The molecular weight excluding hydrogens is 739 g/mol. The molecule has 5 atom stereocenters. The summed E-state index contributed by atoms with van der Waals surface area (Å²) in [5.41, 5.74) is -0.305. The molecule has 3 aromatic rings. The van der Waals surface area contributed by atoms with Crippen LogP contribution in [0.25, 0.3) is 22.2 Å². The first-order valence-electron chi connectivity index (χ1n) is 19.0. The highest BCUT2D eigenvalue weighted by Gasteiger charge is 2.62. The summed E-state index contributed by atoms with van der Waals surface area (Å²) >= 11 is 0. The number of aromatic nitrogens is 1. The number of nitrogens with one attached hydrogen (secondary N) is 3. The molecule has 0 bridgehead atoms. The fourth-order valence-electron chi connectivity index (χ4n) is 7.16. The van der Waals surface area contributed by atoms with Crippen molar-refractivity contribution < 1.29 is 41.8 Å². The minimum absolute atomic E-state index is 0.0201. The molecule has 56 heavy (non-hydrogen) atoms. The monoisotopic (exact) mass is 789 g/mol. The van der Waals surface area contributed by atoms with Crippen LogP contribution in [-0.2, 0) is 29.1 Å². The number of hydrogen-bond acceptors (Lipinski definition) is 10. The lowest BCUT2D eigenvalue weighted by molar-refractivity contribution is -0.141. The molecule has 4 amide bonds. The summed E-state index contributed by atoms with van der Waals surface area (Å²) in [6.07, 6.45) is 1.81. The lowest BCUT2D eigenvalue weighted by Crippen LogP contribution is -2.59. The average molecular weight is 790 g/mol. The Hall–Kier alpha value is -5.18. The van der Waals surface area contributed by atoms with Gasteiger partial charge in [0.1, 0.15) is 40.8 Å². The van der Waals surface area contributed by atoms with Crippen LogP contribution in [0.15, 0.2) is 67.3 Å². The number of carbonyl (C=O) groups excluding carboxylic acids is 4. The van der Waals surface area contributed by atoms with Crippen LogP contribution in [0.5, 0.6) is 11.5 Å². The predicted octanol–water partition coefficient (Wildman–Crippen LogP) is 4.87. The Morgan fingerprint density at radius 2 is 1.77 bits per heavy atom. The quantitative estimate of drug-likeness (QED) is 0.202. The number of nitrogens with zero attached hydrogens (tertiary/aromatic N) is 2. The summed E-state index contributed by atoms with van der Waals surface area (Å²) in [6, 6.07) is 14.6. The maximum atomic E-state index is 14.5. The van der Waals surface area contributed by atoms with E-state index in [2.05, 4.69) is 21.9 Å². The summed E-state index contributed by atoms with van der Waals surface area (Å²) in [7, 11) is -2.38. The van der Waals surface area contributed by atoms with E-state index in [1.165, 1.54) is 11.0 Å². The summed E-state index contributed by atoms with van der Waals surface area (Å²) in [4.78, 5) is 61.7. The zero-order valence-corrected chi connectivity index (χ0v) is 33.5. The van der Waals surface area contributed by atoms with Gasteiger partial charge in [0.25, 0.3) is 5.91 Å². The minimum atomic E-state index is -3.95. The van der Waals surface area contributed by atoms with Crippen molar-refractivity contribution in [2.24, 2.45) is 11.8 Å². The number of benzene rings is 2. The maximum Gasteiger partial charge on any atom is 0.408 e. The van der Waals surface area contributed by atoms with Crippen LogP contribution >= 0.6 is 0 Å². The number of alkyl carbamates (subject to hydrolysis) is 1. The van der Waals surface area contributed by atoms with Crippen molar-refractivity contribution in [3.05, 3.63) is 67.3 Å². The molecule has 300 valence electrons. The molecule has 1 aromatic heterocycles. The Kier molecular flexibility index (Phi) is 11.4. The van der Waals surface area contributed by atoms with Gasteiger partial charge in [-0.3, -0.25) is 19.1 Å². The van der Waals surface area contributed by atoms with Gasteiger partial charge in [-0.1, -0.05) is 56.7 Å². The van der Waals surface area contributed by atoms with Crippen LogP contribution in [0, 0.1) is 11.8 Å². The van der Waals surface area contributed by atoms with Gasteiger partial charge in [0.05, 0.1) is 30.1 Å². The molecule has 3 fully saturated rings. The van der Waals surface area contributed by atoms with Gasteiger partial charge in [0.15, 0.2) is 0 Å². The Labute approximate surface area is 327 Å². The molecule has 2 aliphatic carbocycles. The van der Waals surface area contributed by atoms with Gasteiger partial charge >= 0.3 is 6.09 Å². The first-order chi connectivity index (χ1) is 26.4. The second kappa shape index (κ2) is 15.8. The zero-order chi connectivity index (χ0) is 40.6. The van der Waals surface area contributed by atoms with Gasteiger partial charge in [0, 0.05) is 35.4 Å². The number of likely N-dealkylation sites (tertiary alicyclic amines) is 1. The third kappa shape index (κ3) is 8.62. The van der Waals surface area contributed by atoms with Crippen LogP contribution in [0.2, 0.25) is 0 Å². The van der Waals surface area contributed by atoms with Gasteiger partial charge in [-0.05, 0) is 58.1 Å². The zero-order valence-electron chi connectivity index (χ0n) is 32.7. The molecule has 0 spiro atoms. The molecule has 1 unspecified atom stereocenters. The largest absolute Gasteiger partial charge is 0.497 e. The van der Waals surface area contributed by atoms with Crippen molar-refractivity contribution in [2.45, 2.75) is 101 Å². The molecule has 2 saturated carbocycles. The maximum absolute atomic E-state index is 14.5. The molecule has 1 aliphatic heterocycles. The van der Waals surface area contributed by atoms with Gasteiger partial charge in [-0.25, -0.2) is 18.2 Å². The van der Waals surface area contributed by atoms with E-state index in [1.807, 2.05) is 42.5 Å². The van der Waals surface area contributed by atoms with Crippen LogP contribution in [-0.4, -0.2) is 90.3 Å². The smallest absolute Gasteiger partial charge is 0.408 e. The Balaban J connectivity index is 1.32. The first-order valence-corrected chi connectivity index (χ1v) is 20.5. The molecule has 3 aliphatic rings. The molecular formula is C41H51N5O9S. The highest BCUT2D eigenvalue weighted by Crippen LogP contribution is 2.45. The van der Waals surface area contributed by atoms with E-state index in [0.29, 0.717) is 40.9 Å². The van der Waals surface area contributed by atoms with Crippen molar-refractivity contribution in [3.63, 3.8) is 0 Å². The molecule has 14 nitrogen and oxygen atoms in total. The van der Waals surface area contributed by atoms with E-state index >= 15 is 0 Å². The van der Waals surface area contributed by atoms with Crippen molar-refractivity contribution in [1.82, 2.24) is 25.2 Å². The highest BCUT2D eigenvalue weighted by molar-refractivity contribution is 7.90. The lowest BCUT2D eigenvalue weighted by Gasteiger charge is -2.32. The molecule has 6 rings (SSSR count). The van der Waals surface area contributed by atoms with Gasteiger partial charge in [-0.2, -0.15) is 0 Å². The summed E-state index contributed by atoms with van der Waals surface area (Å²) < 4.78 is 45.7. The Bertz CT molecular complexity index is 2120. The van der Waals surface area contributed by atoms with E-state index < -0.39 is 80.3 Å². The number of methoxy groups -OCH3 is 1. The van der Waals surface area contributed by atoms with E-state index in [0.717, 1.165) is 12.0 Å². The number of ether oxygens (including phenoxy) is 3. The fourth-order valence-corrected chi connectivity index (χ4v) is 8.72. The predicted molar refractivity (Wildman–Crippen MR) is 210 cm³/mol. The lowest BCUT2D eigenvalue weighted by atomic mass is 10.0. The van der Waals surface area contributed by atoms with Gasteiger partial charge < -0.3 is 29.7 Å². The van der Waals surface area contributed by atoms with Crippen LogP contribution in [0.3, 0.4) is 0 Å². The third-order valence-electron chi connectivity index (χ3n) is 10.6. The number of pyridine rings is 1. The minimum Gasteiger partial charge on any atom is -0.497 e. The number of carbonyl (C=O) groups is 4. The molecule has 2 aromatic carbocycles. The van der Waals surface area contributed by atoms with Crippen LogP contribution in [0.1, 0.15) is 66.7 Å². The van der Waals surface area contributed by atoms with Crippen molar-refractivity contribution >= 4 is 44.7 Å². The van der Waals surface area contributed by atoms with Gasteiger partial charge in [-0.15, -0.1) is 6.58 Å². The number of amides is 4. The molecule has 0 radical (unpaired) electrons. The van der Waals surface area contributed by atoms with Gasteiger partial charge in [0.2, 0.25) is 21.8 Å². The van der Waals surface area contributed by atoms with Crippen LogP contribution in [0.4, 0.5) is 4.79 Å². The standard InChI is InChI=1S/C41H51N5O9S/c1-8-26-22-41(26,38(49)45-56(51,52)29-15-12-16-29)44-36(47)33-20-28(23-46(33)37(48)35(24(2)3)43-39(50)55-40(4,5)6)54-34-21-31(25-13-10-9-11-14-25)42-32-19-27(53-7)17-18-30(32)34/h8-11,13-14,17-19,21,24,26,28-29,33,35H,1,12,15-16,20,22-23H2,2-7H3,(H,43,50)(H,44,47)(H,45,49)/t26?,28-,33+,35+,41-/m1/s1. The summed E-state index contributed by atoms with van der Waals surface area (Å²) in [5, 5.41) is 5.52.